The zero-order valence-corrected chi connectivity index (χ0v) is 11.8. The first-order valence-corrected chi connectivity index (χ1v) is 7.22. The Bertz CT molecular complexity index is 375. The number of benzene rings is 1. The van der Waals surface area contributed by atoms with E-state index in [4.69, 9.17) is 5.11 Å². The molecule has 0 saturated carbocycles. The highest BCUT2D eigenvalue weighted by atomic mass is 16.3. The van der Waals surface area contributed by atoms with Gasteiger partial charge in [-0.1, -0.05) is 25.1 Å². The molecule has 0 aliphatic carbocycles. The molecule has 2 N–H and O–H groups in total. The molecule has 0 unspecified atom stereocenters. The normalized spacial score (nSPS) is 16.8. The van der Waals surface area contributed by atoms with Crippen LogP contribution in [0, 0.1) is 0 Å². The van der Waals surface area contributed by atoms with Gasteiger partial charge in [0.25, 0.3) is 0 Å². The number of para-hydroxylation sites is 1. The van der Waals surface area contributed by atoms with Crippen LogP contribution in [0.5, 0.6) is 0 Å². The van der Waals surface area contributed by atoms with Gasteiger partial charge < -0.3 is 15.3 Å². The molecule has 0 radical (unpaired) electrons. The van der Waals surface area contributed by atoms with Crippen molar-refractivity contribution in [3.63, 3.8) is 0 Å². The van der Waals surface area contributed by atoms with Crippen LogP contribution in [0.2, 0.25) is 0 Å². The largest absolute Gasteiger partial charge is 0.395 e. The van der Waals surface area contributed by atoms with Gasteiger partial charge in [0.1, 0.15) is 0 Å². The average Bonchev–Trinajstić information content (AvgIpc) is 2.47. The van der Waals surface area contributed by atoms with E-state index in [-0.39, 0.29) is 6.61 Å². The van der Waals surface area contributed by atoms with Crippen molar-refractivity contribution in [1.29, 1.82) is 0 Å². The number of piperazine rings is 1. The van der Waals surface area contributed by atoms with E-state index in [0.29, 0.717) is 0 Å². The minimum atomic E-state index is 0.261. The van der Waals surface area contributed by atoms with Crippen molar-refractivity contribution in [2.45, 2.75) is 13.5 Å². The maximum atomic E-state index is 8.98. The van der Waals surface area contributed by atoms with Crippen molar-refractivity contribution in [1.82, 2.24) is 10.2 Å². The Morgan fingerprint density at radius 1 is 1.16 bits per heavy atom. The van der Waals surface area contributed by atoms with Crippen LogP contribution in [-0.4, -0.2) is 55.9 Å². The molecule has 1 aliphatic heterocycles. The SMILES string of the molecule is CCNCc1ccccc1N1CCN(CCO)CC1. The molecule has 1 saturated heterocycles. The van der Waals surface area contributed by atoms with Gasteiger partial charge in [0.2, 0.25) is 0 Å². The van der Waals surface area contributed by atoms with E-state index in [1.165, 1.54) is 11.3 Å². The predicted octanol–water partition coefficient (Wildman–Crippen LogP) is 0.910. The van der Waals surface area contributed by atoms with Gasteiger partial charge in [0.15, 0.2) is 0 Å². The van der Waals surface area contributed by atoms with Crippen molar-refractivity contribution in [2.24, 2.45) is 0 Å². The van der Waals surface area contributed by atoms with Crippen LogP contribution < -0.4 is 10.2 Å². The lowest BCUT2D eigenvalue weighted by molar-refractivity contribution is 0.188. The smallest absolute Gasteiger partial charge is 0.0558 e. The van der Waals surface area contributed by atoms with Crippen LogP contribution in [0.4, 0.5) is 5.69 Å². The van der Waals surface area contributed by atoms with E-state index >= 15 is 0 Å². The number of β-amino-alcohol motifs (C(OH)–C–C–N with tert-alkyl or cyclic N) is 1. The highest BCUT2D eigenvalue weighted by Gasteiger charge is 2.18. The topological polar surface area (TPSA) is 38.7 Å². The molecule has 0 amide bonds. The standard InChI is InChI=1S/C15H25N3O/c1-2-16-13-14-5-3-4-6-15(14)18-9-7-17(8-10-18)11-12-19/h3-6,16,19H,2,7-13H2,1H3. The molecule has 106 valence electrons. The zero-order chi connectivity index (χ0) is 13.5. The first-order chi connectivity index (χ1) is 9.35. The lowest BCUT2D eigenvalue weighted by Crippen LogP contribution is -2.47. The highest BCUT2D eigenvalue weighted by molar-refractivity contribution is 5.54. The molecule has 1 aromatic rings. The number of anilines is 1. The van der Waals surface area contributed by atoms with E-state index in [1.807, 2.05) is 0 Å². The Hall–Kier alpha value is -1.10. The predicted molar refractivity (Wildman–Crippen MR) is 79.6 cm³/mol. The molecule has 1 aliphatic rings. The Balaban J connectivity index is 1.98. The number of aliphatic hydroxyl groups excluding tert-OH is 1. The summed E-state index contributed by atoms with van der Waals surface area (Å²) in [5.41, 5.74) is 2.73. The Kier molecular flexibility index (Phi) is 5.63. The average molecular weight is 263 g/mol. The van der Waals surface area contributed by atoms with Gasteiger partial charge in [-0.2, -0.15) is 0 Å². The fraction of sp³-hybridized carbons (Fsp3) is 0.600. The molecule has 0 atom stereocenters. The first-order valence-electron chi connectivity index (χ1n) is 7.22. The summed E-state index contributed by atoms with van der Waals surface area (Å²) in [6, 6.07) is 8.65. The van der Waals surface area contributed by atoms with Gasteiger partial charge in [-0.05, 0) is 18.2 Å². The van der Waals surface area contributed by atoms with Gasteiger partial charge in [0.05, 0.1) is 6.61 Å². The quantitative estimate of drug-likeness (QED) is 0.800. The first kappa shape index (κ1) is 14.3. The van der Waals surface area contributed by atoms with Crippen molar-refractivity contribution in [3.8, 4) is 0 Å². The summed E-state index contributed by atoms with van der Waals surface area (Å²) in [5.74, 6) is 0. The highest BCUT2D eigenvalue weighted by Crippen LogP contribution is 2.21. The summed E-state index contributed by atoms with van der Waals surface area (Å²) in [4.78, 5) is 4.78. The Morgan fingerprint density at radius 3 is 2.58 bits per heavy atom. The molecule has 4 heteroatoms. The van der Waals surface area contributed by atoms with E-state index in [9.17, 15) is 0 Å². The Labute approximate surface area is 116 Å². The van der Waals surface area contributed by atoms with Gasteiger partial charge >= 0.3 is 0 Å². The lowest BCUT2D eigenvalue weighted by Gasteiger charge is -2.36. The van der Waals surface area contributed by atoms with Gasteiger partial charge in [-0.15, -0.1) is 0 Å². The molecule has 1 fully saturated rings. The molecule has 0 spiro atoms. The maximum absolute atomic E-state index is 8.98. The summed E-state index contributed by atoms with van der Waals surface area (Å²) in [7, 11) is 0. The summed E-state index contributed by atoms with van der Waals surface area (Å²) in [6.07, 6.45) is 0. The van der Waals surface area contributed by atoms with Crippen LogP contribution in [0.25, 0.3) is 0 Å². The Morgan fingerprint density at radius 2 is 1.89 bits per heavy atom. The van der Waals surface area contributed by atoms with Crippen LogP contribution in [0.1, 0.15) is 12.5 Å². The maximum Gasteiger partial charge on any atom is 0.0558 e. The summed E-state index contributed by atoms with van der Waals surface area (Å²) < 4.78 is 0. The van der Waals surface area contributed by atoms with Crippen LogP contribution in [0.15, 0.2) is 24.3 Å². The number of hydrogen-bond acceptors (Lipinski definition) is 4. The van der Waals surface area contributed by atoms with Crippen molar-refractivity contribution in [3.05, 3.63) is 29.8 Å². The zero-order valence-electron chi connectivity index (χ0n) is 11.8. The van der Waals surface area contributed by atoms with E-state index in [2.05, 4.69) is 46.3 Å². The fourth-order valence-electron chi connectivity index (χ4n) is 2.58. The third-order valence-electron chi connectivity index (χ3n) is 3.69. The van der Waals surface area contributed by atoms with E-state index in [1.54, 1.807) is 0 Å². The number of hydrogen-bond donors (Lipinski definition) is 2. The molecule has 1 heterocycles. The molecule has 0 aromatic heterocycles. The second kappa shape index (κ2) is 7.48. The number of nitrogens with one attached hydrogen (secondary N) is 1. The number of aliphatic hydroxyl groups is 1. The lowest BCUT2D eigenvalue weighted by atomic mass is 10.1. The number of nitrogens with zero attached hydrogens (tertiary/aromatic N) is 2. The van der Waals surface area contributed by atoms with Gasteiger partial charge in [0, 0.05) is 45.0 Å². The fourth-order valence-corrected chi connectivity index (χ4v) is 2.58. The summed E-state index contributed by atoms with van der Waals surface area (Å²) in [5, 5.41) is 12.4. The third-order valence-corrected chi connectivity index (χ3v) is 3.69. The van der Waals surface area contributed by atoms with Crippen molar-refractivity contribution < 1.29 is 5.11 Å². The minimum Gasteiger partial charge on any atom is -0.395 e. The molecule has 1 aromatic carbocycles. The minimum absolute atomic E-state index is 0.261. The van der Waals surface area contributed by atoms with Crippen LogP contribution in [0.3, 0.4) is 0 Å². The van der Waals surface area contributed by atoms with Crippen LogP contribution >= 0.6 is 0 Å². The van der Waals surface area contributed by atoms with Crippen LogP contribution in [-0.2, 0) is 6.54 Å². The molecule has 2 rings (SSSR count). The molecule has 0 bridgehead atoms. The molecular weight excluding hydrogens is 238 g/mol. The second-order valence-electron chi connectivity index (χ2n) is 4.96. The van der Waals surface area contributed by atoms with Crippen molar-refractivity contribution in [2.75, 3.05) is 50.8 Å². The van der Waals surface area contributed by atoms with E-state index < -0.39 is 0 Å². The molecule has 19 heavy (non-hydrogen) atoms. The van der Waals surface area contributed by atoms with E-state index in [0.717, 1.165) is 45.8 Å². The number of rotatable bonds is 6. The van der Waals surface area contributed by atoms with Gasteiger partial charge in [-0.3, -0.25) is 4.90 Å². The monoisotopic (exact) mass is 263 g/mol. The summed E-state index contributed by atoms with van der Waals surface area (Å²) in [6.45, 7) is 9.29. The molecular formula is C15H25N3O. The van der Waals surface area contributed by atoms with Gasteiger partial charge in [-0.25, -0.2) is 0 Å². The van der Waals surface area contributed by atoms with Crippen molar-refractivity contribution >= 4 is 5.69 Å². The second-order valence-corrected chi connectivity index (χ2v) is 4.96. The third kappa shape index (κ3) is 3.93. The summed E-state index contributed by atoms with van der Waals surface area (Å²) >= 11 is 0. The molecule has 4 nitrogen and oxygen atoms in total.